The van der Waals surface area contributed by atoms with Gasteiger partial charge in [-0.15, -0.1) is 0 Å². The lowest BCUT2D eigenvalue weighted by atomic mass is 10.1. The largest absolute Gasteiger partial charge is 0.369 e. The summed E-state index contributed by atoms with van der Waals surface area (Å²) in [5.74, 6) is -0.880. The van der Waals surface area contributed by atoms with Gasteiger partial charge in [0.1, 0.15) is 0 Å². The number of nitrogens with zero attached hydrogens (tertiary/aromatic N) is 1. The molecule has 0 aliphatic heterocycles. The molecule has 2 N–H and O–H groups in total. The zero-order valence-electron chi connectivity index (χ0n) is 10.9. The lowest BCUT2D eigenvalue weighted by molar-refractivity contribution is -0.135. The Morgan fingerprint density at radius 2 is 1.89 bits per heavy atom. The van der Waals surface area contributed by atoms with E-state index in [9.17, 15) is 9.59 Å². The Labute approximate surface area is 108 Å². The van der Waals surface area contributed by atoms with Gasteiger partial charge < -0.3 is 10.6 Å². The maximum absolute atomic E-state index is 12.0. The third kappa shape index (κ3) is 4.20. The van der Waals surface area contributed by atoms with Gasteiger partial charge in [0.05, 0.1) is 0 Å². The predicted octanol–water partition coefficient (Wildman–Crippen LogP) is 1.55. The van der Waals surface area contributed by atoms with E-state index < -0.39 is 11.8 Å². The van der Waals surface area contributed by atoms with Crippen LogP contribution in [0.1, 0.15) is 25.8 Å². The molecule has 18 heavy (non-hydrogen) atoms. The molecular formula is C14H20N2O2. The van der Waals surface area contributed by atoms with Gasteiger partial charge in [-0.05, 0) is 12.5 Å². The molecule has 0 aliphatic rings. The first-order valence-electron chi connectivity index (χ1n) is 6.15. The first-order valence-corrected chi connectivity index (χ1v) is 6.15. The fourth-order valence-corrected chi connectivity index (χ4v) is 1.67. The molecule has 2 amide bonds. The minimum absolute atomic E-state index is 0.0346. The van der Waals surface area contributed by atoms with E-state index in [-0.39, 0.29) is 12.3 Å². The number of nitrogens with two attached hydrogens (primary N) is 1. The average Bonchev–Trinajstić information content (AvgIpc) is 2.36. The maximum atomic E-state index is 12.0. The van der Waals surface area contributed by atoms with Crippen LogP contribution in [-0.2, 0) is 16.1 Å². The molecule has 4 heteroatoms. The van der Waals surface area contributed by atoms with Crippen LogP contribution in [0, 0.1) is 5.92 Å². The molecular weight excluding hydrogens is 228 g/mol. The molecule has 0 saturated heterocycles. The number of carbonyl (C=O) groups excluding carboxylic acids is 2. The molecule has 0 aliphatic carbocycles. The standard InChI is InChI=1S/C14H20N2O2/c1-3-16(10-12-7-5-4-6-8-12)13(17)9-11(2)14(15)18/h4-8,11H,3,9-10H2,1-2H3,(H2,15,18). The minimum Gasteiger partial charge on any atom is -0.369 e. The molecule has 0 fully saturated rings. The van der Waals surface area contributed by atoms with E-state index >= 15 is 0 Å². The molecule has 1 aromatic rings. The Hall–Kier alpha value is -1.84. The fraction of sp³-hybridized carbons (Fsp3) is 0.429. The van der Waals surface area contributed by atoms with Crippen LogP contribution in [0.5, 0.6) is 0 Å². The molecule has 1 rings (SSSR count). The molecule has 0 radical (unpaired) electrons. The summed E-state index contributed by atoms with van der Waals surface area (Å²) in [5, 5.41) is 0. The van der Waals surface area contributed by atoms with Gasteiger partial charge in [-0.25, -0.2) is 0 Å². The molecule has 4 nitrogen and oxygen atoms in total. The second-order valence-electron chi connectivity index (χ2n) is 4.40. The summed E-state index contributed by atoms with van der Waals surface area (Å²) in [7, 11) is 0. The average molecular weight is 248 g/mol. The number of hydrogen-bond acceptors (Lipinski definition) is 2. The predicted molar refractivity (Wildman–Crippen MR) is 70.5 cm³/mol. The van der Waals surface area contributed by atoms with Crippen molar-refractivity contribution in [3.8, 4) is 0 Å². The van der Waals surface area contributed by atoms with Gasteiger partial charge in [0.25, 0.3) is 0 Å². The Kier molecular flexibility index (Phi) is 5.36. The summed E-state index contributed by atoms with van der Waals surface area (Å²) >= 11 is 0. The summed E-state index contributed by atoms with van der Waals surface area (Å²) in [4.78, 5) is 24.7. The van der Waals surface area contributed by atoms with Crippen molar-refractivity contribution in [1.29, 1.82) is 0 Å². The van der Waals surface area contributed by atoms with E-state index in [2.05, 4.69) is 0 Å². The molecule has 1 aromatic carbocycles. The van der Waals surface area contributed by atoms with Gasteiger partial charge in [0.2, 0.25) is 11.8 Å². The highest BCUT2D eigenvalue weighted by Crippen LogP contribution is 2.09. The van der Waals surface area contributed by atoms with E-state index in [1.54, 1.807) is 11.8 Å². The van der Waals surface area contributed by atoms with E-state index in [4.69, 9.17) is 5.73 Å². The number of hydrogen-bond donors (Lipinski definition) is 1. The van der Waals surface area contributed by atoms with Gasteiger partial charge >= 0.3 is 0 Å². The SMILES string of the molecule is CCN(Cc1ccccc1)C(=O)CC(C)C(N)=O. The summed E-state index contributed by atoms with van der Waals surface area (Å²) in [5.41, 5.74) is 6.25. The van der Waals surface area contributed by atoms with Crippen molar-refractivity contribution < 1.29 is 9.59 Å². The monoisotopic (exact) mass is 248 g/mol. The highest BCUT2D eigenvalue weighted by molar-refractivity contribution is 5.84. The first kappa shape index (κ1) is 14.2. The van der Waals surface area contributed by atoms with Gasteiger partial charge in [-0.1, -0.05) is 37.3 Å². The normalized spacial score (nSPS) is 11.9. The van der Waals surface area contributed by atoms with Crippen LogP contribution in [0.3, 0.4) is 0 Å². The number of primary amides is 1. The lowest BCUT2D eigenvalue weighted by Crippen LogP contribution is -2.34. The van der Waals surface area contributed by atoms with Crippen LogP contribution < -0.4 is 5.73 Å². The zero-order chi connectivity index (χ0) is 13.5. The number of rotatable bonds is 6. The van der Waals surface area contributed by atoms with Crippen LogP contribution >= 0.6 is 0 Å². The Balaban J connectivity index is 2.61. The van der Waals surface area contributed by atoms with Gasteiger partial charge in [-0.3, -0.25) is 9.59 Å². The number of carbonyl (C=O) groups is 2. The molecule has 0 saturated carbocycles. The summed E-state index contributed by atoms with van der Waals surface area (Å²) in [6, 6.07) is 9.79. The van der Waals surface area contributed by atoms with Crippen molar-refractivity contribution in [3.05, 3.63) is 35.9 Å². The van der Waals surface area contributed by atoms with Crippen molar-refractivity contribution in [2.45, 2.75) is 26.8 Å². The van der Waals surface area contributed by atoms with Crippen LogP contribution in [0.15, 0.2) is 30.3 Å². The van der Waals surface area contributed by atoms with Crippen molar-refractivity contribution >= 4 is 11.8 Å². The molecule has 0 heterocycles. The van der Waals surface area contributed by atoms with E-state index in [0.29, 0.717) is 13.1 Å². The fourth-order valence-electron chi connectivity index (χ4n) is 1.67. The quantitative estimate of drug-likeness (QED) is 0.830. The Bertz CT molecular complexity index is 404. The highest BCUT2D eigenvalue weighted by Gasteiger charge is 2.18. The van der Waals surface area contributed by atoms with Crippen molar-refractivity contribution in [1.82, 2.24) is 4.90 Å². The van der Waals surface area contributed by atoms with Crippen molar-refractivity contribution in [2.75, 3.05) is 6.54 Å². The van der Waals surface area contributed by atoms with Crippen molar-refractivity contribution in [3.63, 3.8) is 0 Å². The summed E-state index contributed by atoms with van der Waals surface area (Å²) < 4.78 is 0. The molecule has 0 bridgehead atoms. The molecule has 0 spiro atoms. The third-order valence-electron chi connectivity index (χ3n) is 2.92. The summed E-state index contributed by atoms with van der Waals surface area (Å²) in [6.45, 7) is 4.80. The smallest absolute Gasteiger partial charge is 0.223 e. The lowest BCUT2D eigenvalue weighted by Gasteiger charge is -2.22. The van der Waals surface area contributed by atoms with E-state index in [1.165, 1.54) is 0 Å². The third-order valence-corrected chi connectivity index (χ3v) is 2.92. The summed E-state index contributed by atoms with van der Waals surface area (Å²) in [6.07, 6.45) is 0.177. The Morgan fingerprint density at radius 1 is 1.28 bits per heavy atom. The Morgan fingerprint density at radius 3 is 2.39 bits per heavy atom. The molecule has 1 unspecified atom stereocenters. The van der Waals surface area contributed by atoms with E-state index in [0.717, 1.165) is 5.56 Å². The van der Waals surface area contributed by atoms with Crippen LogP contribution in [-0.4, -0.2) is 23.3 Å². The molecule has 1 atom stereocenters. The molecule has 98 valence electrons. The second-order valence-corrected chi connectivity index (χ2v) is 4.40. The molecule has 0 aromatic heterocycles. The van der Waals surface area contributed by atoms with Gasteiger partial charge in [0.15, 0.2) is 0 Å². The second kappa shape index (κ2) is 6.79. The topological polar surface area (TPSA) is 63.4 Å². The van der Waals surface area contributed by atoms with Gasteiger partial charge in [0, 0.05) is 25.4 Å². The van der Waals surface area contributed by atoms with E-state index in [1.807, 2.05) is 37.3 Å². The van der Waals surface area contributed by atoms with Crippen molar-refractivity contribution in [2.24, 2.45) is 11.7 Å². The number of amides is 2. The zero-order valence-corrected chi connectivity index (χ0v) is 10.9. The van der Waals surface area contributed by atoms with Crippen LogP contribution in [0.4, 0.5) is 0 Å². The maximum Gasteiger partial charge on any atom is 0.223 e. The van der Waals surface area contributed by atoms with Crippen LogP contribution in [0.25, 0.3) is 0 Å². The van der Waals surface area contributed by atoms with Gasteiger partial charge in [-0.2, -0.15) is 0 Å². The number of benzene rings is 1. The highest BCUT2D eigenvalue weighted by atomic mass is 16.2. The minimum atomic E-state index is -0.431. The van der Waals surface area contributed by atoms with Crippen LogP contribution in [0.2, 0.25) is 0 Å². The first-order chi connectivity index (χ1) is 8.54.